The first-order valence-corrected chi connectivity index (χ1v) is 12.4. The molecule has 1 aliphatic rings. The van der Waals surface area contributed by atoms with Gasteiger partial charge in [0.15, 0.2) is 5.76 Å². The molecule has 0 atom stereocenters. The van der Waals surface area contributed by atoms with Gasteiger partial charge in [-0.2, -0.15) is 4.31 Å². The van der Waals surface area contributed by atoms with E-state index in [4.69, 9.17) is 25.6 Å². The Kier molecular flexibility index (Phi) is 7.23. The third-order valence-corrected chi connectivity index (χ3v) is 7.69. The van der Waals surface area contributed by atoms with Crippen molar-refractivity contribution in [3.63, 3.8) is 0 Å². The fourth-order valence-corrected chi connectivity index (χ4v) is 5.42. The second-order valence-electron chi connectivity index (χ2n) is 7.75. The van der Waals surface area contributed by atoms with E-state index in [0.717, 1.165) is 11.4 Å². The Balaban J connectivity index is 1.39. The average molecular weight is 492 g/mol. The van der Waals surface area contributed by atoms with E-state index in [1.54, 1.807) is 36.4 Å². The highest BCUT2D eigenvalue weighted by molar-refractivity contribution is 7.89. The third kappa shape index (κ3) is 5.50. The summed E-state index contributed by atoms with van der Waals surface area (Å²) in [5.74, 6) is 1.57. The minimum Gasteiger partial charge on any atom is -0.495 e. The summed E-state index contributed by atoms with van der Waals surface area (Å²) in [6.45, 7) is 5.05. The SMILES string of the molecule is COc1ccc(-c2cc(C)no2)cc1S(=O)(=O)N1CCN(CCOc2ccc(Cl)cc2)CC1. The zero-order valence-electron chi connectivity index (χ0n) is 18.5. The van der Waals surface area contributed by atoms with Gasteiger partial charge >= 0.3 is 0 Å². The van der Waals surface area contributed by atoms with E-state index in [-0.39, 0.29) is 4.90 Å². The lowest BCUT2D eigenvalue weighted by molar-refractivity contribution is 0.158. The van der Waals surface area contributed by atoms with Crippen molar-refractivity contribution in [2.45, 2.75) is 11.8 Å². The topological polar surface area (TPSA) is 85.1 Å². The van der Waals surface area contributed by atoms with Gasteiger partial charge < -0.3 is 14.0 Å². The fourth-order valence-electron chi connectivity index (χ4n) is 3.69. The first-order valence-electron chi connectivity index (χ1n) is 10.6. The molecule has 10 heteroatoms. The smallest absolute Gasteiger partial charge is 0.246 e. The summed E-state index contributed by atoms with van der Waals surface area (Å²) in [7, 11) is -2.28. The van der Waals surface area contributed by atoms with Crippen molar-refractivity contribution in [3.8, 4) is 22.8 Å². The monoisotopic (exact) mass is 491 g/mol. The van der Waals surface area contributed by atoms with Crippen LogP contribution >= 0.6 is 11.6 Å². The molecule has 1 aliphatic heterocycles. The molecule has 1 fully saturated rings. The normalized spacial score (nSPS) is 15.5. The van der Waals surface area contributed by atoms with Crippen molar-refractivity contribution in [1.82, 2.24) is 14.4 Å². The van der Waals surface area contributed by atoms with Gasteiger partial charge in [-0.3, -0.25) is 4.90 Å². The molecule has 176 valence electrons. The molecule has 1 aromatic heterocycles. The molecule has 0 spiro atoms. The molecule has 0 unspecified atom stereocenters. The Labute approximate surface area is 198 Å². The quantitative estimate of drug-likeness (QED) is 0.475. The minimum atomic E-state index is -3.74. The summed E-state index contributed by atoms with van der Waals surface area (Å²) in [5, 5.41) is 4.55. The van der Waals surface area contributed by atoms with Gasteiger partial charge in [-0.1, -0.05) is 16.8 Å². The molecule has 0 radical (unpaired) electrons. The van der Waals surface area contributed by atoms with Crippen molar-refractivity contribution < 1.29 is 22.4 Å². The van der Waals surface area contributed by atoms with Crippen molar-refractivity contribution >= 4 is 21.6 Å². The number of piperazine rings is 1. The van der Waals surface area contributed by atoms with Gasteiger partial charge in [-0.05, 0) is 49.4 Å². The summed E-state index contributed by atoms with van der Waals surface area (Å²) in [5.41, 5.74) is 1.36. The highest BCUT2D eigenvalue weighted by Crippen LogP contribution is 2.32. The van der Waals surface area contributed by atoms with E-state index >= 15 is 0 Å². The van der Waals surface area contributed by atoms with Crippen molar-refractivity contribution in [2.24, 2.45) is 0 Å². The average Bonchev–Trinajstić information content (AvgIpc) is 3.26. The van der Waals surface area contributed by atoms with Gasteiger partial charge in [0.1, 0.15) is 23.0 Å². The molecule has 3 aromatic rings. The van der Waals surface area contributed by atoms with Crippen LogP contribution in [0.3, 0.4) is 0 Å². The Hall–Kier alpha value is -2.59. The highest BCUT2D eigenvalue weighted by Gasteiger charge is 2.31. The van der Waals surface area contributed by atoms with Crippen LogP contribution in [0, 0.1) is 6.92 Å². The number of aromatic nitrogens is 1. The lowest BCUT2D eigenvalue weighted by Gasteiger charge is -2.34. The van der Waals surface area contributed by atoms with Gasteiger partial charge in [-0.25, -0.2) is 8.42 Å². The van der Waals surface area contributed by atoms with Crippen LogP contribution in [0.25, 0.3) is 11.3 Å². The van der Waals surface area contributed by atoms with Crippen molar-refractivity contribution in [3.05, 3.63) is 59.2 Å². The van der Waals surface area contributed by atoms with Gasteiger partial charge in [0, 0.05) is 49.4 Å². The summed E-state index contributed by atoms with van der Waals surface area (Å²) >= 11 is 5.89. The second kappa shape index (κ2) is 10.1. The van der Waals surface area contributed by atoms with E-state index in [0.29, 0.717) is 61.4 Å². The largest absolute Gasteiger partial charge is 0.495 e. The van der Waals surface area contributed by atoms with Crippen LogP contribution in [-0.2, 0) is 10.0 Å². The summed E-state index contributed by atoms with van der Waals surface area (Å²) in [4.78, 5) is 2.31. The van der Waals surface area contributed by atoms with Crippen LogP contribution in [-0.4, -0.2) is 69.2 Å². The number of methoxy groups -OCH3 is 1. The Morgan fingerprint density at radius 2 is 1.79 bits per heavy atom. The van der Waals surface area contributed by atoms with Crippen molar-refractivity contribution in [2.75, 3.05) is 46.4 Å². The van der Waals surface area contributed by atoms with Crippen LogP contribution in [0.5, 0.6) is 11.5 Å². The van der Waals surface area contributed by atoms with Crippen molar-refractivity contribution in [1.29, 1.82) is 0 Å². The number of rotatable bonds is 8. The standard InChI is InChI=1S/C23H26ClN3O5S/c1-17-15-22(32-25-17)18-3-8-21(30-2)23(16-18)33(28,29)27-11-9-26(10-12-27)13-14-31-20-6-4-19(24)5-7-20/h3-8,15-16H,9-14H2,1-2H3. The lowest BCUT2D eigenvalue weighted by atomic mass is 10.1. The van der Waals surface area contributed by atoms with Gasteiger partial charge in [0.25, 0.3) is 0 Å². The number of aryl methyl sites for hydroxylation is 1. The van der Waals surface area contributed by atoms with Gasteiger partial charge in [0.2, 0.25) is 10.0 Å². The molecule has 0 saturated carbocycles. The number of hydrogen-bond acceptors (Lipinski definition) is 7. The third-order valence-electron chi connectivity index (χ3n) is 5.52. The molecule has 0 aliphatic carbocycles. The van der Waals surface area contributed by atoms with Crippen LogP contribution in [0.1, 0.15) is 5.69 Å². The number of hydrogen-bond donors (Lipinski definition) is 0. The molecule has 1 saturated heterocycles. The molecule has 4 rings (SSSR count). The Morgan fingerprint density at radius 1 is 1.06 bits per heavy atom. The molecule has 2 aromatic carbocycles. The Morgan fingerprint density at radius 3 is 2.42 bits per heavy atom. The lowest BCUT2D eigenvalue weighted by Crippen LogP contribution is -2.49. The number of ether oxygens (including phenoxy) is 2. The van der Waals surface area contributed by atoms with Gasteiger partial charge in [-0.15, -0.1) is 0 Å². The Bertz CT molecular complexity index is 1190. The number of benzene rings is 2. The highest BCUT2D eigenvalue weighted by atomic mass is 35.5. The predicted octanol–water partition coefficient (Wildman–Crippen LogP) is 3.70. The maximum absolute atomic E-state index is 13.4. The van der Waals surface area contributed by atoms with Gasteiger partial charge in [0.05, 0.1) is 12.8 Å². The summed E-state index contributed by atoms with van der Waals surface area (Å²) < 4.78 is 44.8. The molecular weight excluding hydrogens is 466 g/mol. The maximum atomic E-state index is 13.4. The number of halogens is 1. The molecule has 33 heavy (non-hydrogen) atoms. The molecule has 0 N–H and O–H groups in total. The molecule has 0 amide bonds. The second-order valence-corrected chi connectivity index (χ2v) is 10.1. The van der Waals surface area contributed by atoms with E-state index in [2.05, 4.69) is 10.1 Å². The van der Waals surface area contributed by atoms with E-state index in [1.807, 2.05) is 19.1 Å². The predicted molar refractivity (Wildman–Crippen MR) is 125 cm³/mol. The maximum Gasteiger partial charge on any atom is 0.246 e. The molecule has 2 heterocycles. The van der Waals surface area contributed by atoms with E-state index in [1.165, 1.54) is 11.4 Å². The zero-order chi connectivity index (χ0) is 23.4. The molecule has 8 nitrogen and oxygen atoms in total. The molecular formula is C23H26ClN3O5S. The summed E-state index contributed by atoms with van der Waals surface area (Å²) in [6.07, 6.45) is 0. The van der Waals surface area contributed by atoms with E-state index in [9.17, 15) is 8.42 Å². The van der Waals surface area contributed by atoms with Crippen LogP contribution in [0.4, 0.5) is 0 Å². The van der Waals surface area contributed by atoms with Crippen LogP contribution in [0.15, 0.2) is 57.9 Å². The van der Waals surface area contributed by atoms with Crippen LogP contribution < -0.4 is 9.47 Å². The van der Waals surface area contributed by atoms with E-state index < -0.39 is 10.0 Å². The summed E-state index contributed by atoms with van der Waals surface area (Å²) in [6, 6.07) is 14.0. The minimum absolute atomic E-state index is 0.121. The van der Waals surface area contributed by atoms with Crippen LogP contribution in [0.2, 0.25) is 5.02 Å². The first kappa shape index (κ1) is 23.6. The molecule has 0 bridgehead atoms. The number of sulfonamides is 1. The fraction of sp³-hybridized carbons (Fsp3) is 0.348. The first-order chi connectivity index (χ1) is 15.9. The number of nitrogens with zero attached hydrogens (tertiary/aromatic N) is 3. The zero-order valence-corrected chi connectivity index (χ0v) is 20.1.